The van der Waals surface area contributed by atoms with Gasteiger partial charge in [0.15, 0.2) is 0 Å². The van der Waals surface area contributed by atoms with Crippen LogP contribution in [0.2, 0.25) is 0 Å². The monoisotopic (exact) mass is 185 g/mol. The SMILES string of the molecule is CC(C)NCc1c(F)cccc1F. The predicted octanol–water partition coefficient (Wildman–Crippen LogP) is 2.46. The molecule has 0 aliphatic carbocycles. The average molecular weight is 185 g/mol. The summed E-state index contributed by atoms with van der Waals surface area (Å²) in [7, 11) is 0. The zero-order chi connectivity index (χ0) is 9.84. The zero-order valence-corrected chi connectivity index (χ0v) is 7.77. The van der Waals surface area contributed by atoms with E-state index < -0.39 is 11.6 Å². The molecule has 1 aromatic rings. The summed E-state index contributed by atoms with van der Waals surface area (Å²) in [5.74, 6) is -0.985. The second-order valence-electron chi connectivity index (χ2n) is 3.24. The molecule has 0 fully saturated rings. The Morgan fingerprint density at radius 1 is 1.23 bits per heavy atom. The van der Waals surface area contributed by atoms with Crippen molar-refractivity contribution in [2.45, 2.75) is 26.4 Å². The van der Waals surface area contributed by atoms with Gasteiger partial charge in [-0.25, -0.2) is 8.78 Å². The molecule has 1 rings (SSSR count). The molecular formula is C10H13F2N. The third-order valence-corrected chi connectivity index (χ3v) is 1.75. The van der Waals surface area contributed by atoms with Gasteiger partial charge in [-0.2, -0.15) is 0 Å². The Bertz CT molecular complexity index is 264. The summed E-state index contributed by atoms with van der Waals surface area (Å²) >= 11 is 0. The van der Waals surface area contributed by atoms with Gasteiger partial charge in [0.05, 0.1) is 0 Å². The highest BCUT2D eigenvalue weighted by Gasteiger charge is 2.07. The molecule has 0 atom stereocenters. The van der Waals surface area contributed by atoms with Crippen molar-refractivity contribution in [3.63, 3.8) is 0 Å². The van der Waals surface area contributed by atoms with Gasteiger partial charge in [0, 0.05) is 18.2 Å². The summed E-state index contributed by atoms with van der Waals surface area (Å²) in [6.45, 7) is 4.09. The molecule has 0 amide bonds. The first-order chi connectivity index (χ1) is 6.11. The van der Waals surface area contributed by atoms with Crippen LogP contribution in [0, 0.1) is 11.6 Å². The quantitative estimate of drug-likeness (QED) is 0.762. The van der Waals surface area contributed by atoms with Crippen molar-refractivity contribution in [1.29, 1.82) is 0 Å². The van der Waals surface area contributed by atoms with Crippen LogP contribution >= 0.6 is 0 Å². The van der Waals surface area contributed by atoms with Crippen molar-refractivity contribution in [2.24, 2.45) is 0 Å². The van der Waals surface area contributed by atoms with Crippen LogP contribution in [0.1, 0.15) is 19.4 Å². The molecule has 13 heavy (non-hydrogen) atoms. The number of nitrogens with one attached hydrogen (secondary N) is 1. The van der Waals surface area contributed by atoms with Gasteiger partial charge < -0.3 is 5.32 Å². The highest BCUT2D eigenvalue weighted by Crippen LogP contribution is 2.11. The third kappa shape index (κ3) is 2.77. The molecular weight excluding hydrogens is 172 g/mol. The van der Waals surface area contributed by atoms with Gasteiger partial charge in [0.1, 0.15) is 11.6 Å². The predicted molar refractivity (Wildman–Crippen MR) is 48.3 cm³/mol. The first-order valence-electron chi connectivity index (χ1n) is 4.27. The second-order valence-corrected chi connectivity index (χ2v) is 3.24. The molecule has 72 valence electrons. The topological polar surface area (TPSA) is 12.0 Å². The average Bonchev–Trinajstić information content (AvgIpc) is 2.03. The lowest BCUT2D eigenvalue weighted by Crippen LogP contribution is -2.23. The van der Waals surface area contributed by atoms with Gasteiger partial charge in [-0.05, 0) is 12.1 Å². The van der Waals surface area contributed by atoms with Crippen LogP contribution < -0.4 is 5.32 Å². The fourth-order valence-electron chi connectivity index (χ4n) is 1.01. The van der Waals surface area contributed by atoms with Gasteiger partial charge in [-0.3, -0.25) is 0 Å². The highest BCUT2D eigenvalue weighted by molar-refractivity contribution is 5.19. The van der Waals surface area contributed by atoms with E-state index in [1.807, 2.05) is 13.8 Å². The Balaban J connectivity index is 2.75. The van der Waals surface area contributed by atoms with Gasteiger partial charge in [-0.1, -0.05) is 19.9 Å². The van der Waals surface area contributed by atoms with E-state index in [9.17, 15) is 8.78 Å². The summed E-state index contributed by atoms with van der Waals surface area (Å²) in [4.78, 5) is 0. The standard InChI is InChI=1S/C10H13F2N/c1-7(2)13-6-8-9(11)4-3-5-10(8)12/h3-5,7,13H,6H2,1-2H3. The molecule has 0 aromatic heterocycles. The molecule has 0 heterocycles. The molecule has 3 heteroatoms. The molecule has 1 nitrogen and oxygen atoms in total. The summed E-state index contributed by atoms with van der Waals surface area (Å²) in [5.41, 5.74) is 0.108. The van der Waals surface area contributed by atoms with Crippen LogP contribution in [0.4, 0.5) is 8.78 Å². The lowest BCUT2D eigenvalue weighted by molar-refractivity contribution is 0.515. The molecule has 0 aliphatic rings. The van der Waals surface area contributed by atoms with Crippen molar-refractivity contribution < 1.29 is 8.78 Å². The Kier molecular flexibility index (Phi) is 3.37. The second kappa shape index (κ2) is 4.33. The van der Waals surface area contributed by atoms with Crippen molar-refractivity contribution in [3.8, 4) is 0 Å². The van der Waals surface area contributed by atoms with Gasteiger partial charge in [-0.15, -0.1) is 0 Å². The van der Waals surface area contributed by atoms with Gasteiger partial charge in [0.25, 0.3) is 0 Å². The Morgan fingerprint density at radius 2 is 1.77 bits per heavy atom. The van der Waals surface area contributed by atoms with Crippen LogP contribution in [-0.4, -0.2) is 6.04 Å². The van der Waals surface area contributed by atoms with E-state index in [-0.39, 0.29) is 18.2 Å². The normalized spacial score (nSPS) is 10.8. The summed E-state index contributed by atoms with van der Waals surface area (Å²) in [6.07, 6.45) is 0. The van der Waals surface area contributed by atoms with E-state index in [2.05, 4.69) is 5.32 Å². The highest BCUT2D eigenvalue weighted by atomic mass is 19.1. The maximum atomic E-state index is 13.0. The zero-order valence-electron chi connectivity index (χ0n) is 7.77. The van der Waals surface area contributed by atoms with Crippen LogP contribution in [0.5, 0.6) is 0 Å². The van der Waals surface area contributed by atoms with Crippen molar-refractivity contribution >= 4 is 0 Å². The largest absolute Gasteiger partial charge is 0.310 e. The fourth-order valence-corrected chi connectivity index (χ4v) is 1.01. The fraction of sp³-hybridized carbons (Fsp3) is 0.400. The van der Waals surface area contributed by atoms with E-state index in [0.717, 1.165) is 0 Å². The Labute approximate surface area is 76.8 Å². The van der Waals surface area contributed by atoms with Gasteiger partial charge >= 0.3 is 0 Å². The molecule has 0 saturated carbocycles. The molecule has 1 N–H and O–H groups in total. The third-order valence-electron chi connectivity index (χ3n) is 1.75. The lowest BCUT2D eigenvalue weighted by atomic mass is 10.2. The molecule has 1 aromatic carbocycles. The minimum atomic E-state index is -0.492. The van der Waals surface area contributed by atoms with Gasteiger partial charge in [0.2, 0.25) is 0 Å². The van der Waals surface area contributed by atoms with E-state index in [0.29, 0.717) is 0 Å². The number of halogens is 2. The van der Waals surface area contributed by atoms with Crippen LogP contribution in [-0.2, 0) is 6.54 Å². The minimum absolute atomic E-state index is 0.108. The summed E-state index contributed by atoms with van der Waals surface area (Å²) in [6, 6.07) is 4.11. The van der Waals surface area contributed by atoms with E-state index >= 15 is 0 Å². The van der Waals surface area contributed by atoms with E-state index in [4.69, 9.17) is 0 Å². The van der Waals surface area contributed by atoms with E-state index in [1.54, 1.807) is 0 Å². The number of hydrogen-bond acceptors (Lipinski definition) is 1. The summed E-state index contributed by atoms with van der Waals surface area (Å²) < 4.78 is 26.0. The smallest absolute Gasteiger partial charge is 0.130 e. The molecule has 0 radical (unpaired) electrons. The Hall–Kier alpha value is -0.960. The number of hydrogen-bond donors (Lipinski definition) is 1. The first kappa shape index (κ1) is 10.1. The van der Waals surface area contributed by atoms with Crippen LogP contribution in [0.25, 0.3) is 0 Å². The van der Waals surface area contributed by atoms with Crippen LogP contribution in [0.3, 0.4) is 0 Å². The number of rotatable bonds is 3. The van der Waals surface area contributed by atoms with Crippen molar-refractivity contribution in [3.05, 3.63) is 35.4 Å². The van der Waals surface area contributed by atoms with Crippen molar-refractivity contribution in [2.75, 3.05) is 0 Å². The first-order valence-corrected chi connectivity index (χ1v) is 4.27. The maximum absolute atomic E-state index is 13.0. The maximum Gasteiger partial charge on any atom is 0.130 e. The molecule has 0 saturated heterocycles. The molecule has 0 aliphatic heterocycles. The Morgan fingerprint density at radius 3 is 2.23 bits per heavy atom. The molecule has 0 bridgehead atoms. The lowest BCUT2D eigenvalue weighted by Gasteiger charge is -2.09. The summed E-state index contributed by atoms with van der Waals surface area (Å²) in [5, 5.41) is 2.96. The van der Waals surface area contributed by atoms with Crippen molar-refractivity contribution in [1.82, 2.24) is 5.32 Å². The van der Waals surface area contributed by atoms with Crippen LogP contribution in [0.15, 0.2) is 18.2 Å². The minimum Gasteiger partial charge on any atom is -0.310 e. The molecule has 0 unspecified atom stereocenters. The number of benzene rings is 1. The molecule has 0 spiro atoms. The van der Waals surface area contributed by atoms with E-state index in [1.165, 1.54) is 18.2 Å².